The summed E-state index contributed by atoms with van der Waals surface area (Å²) < 4.78 is 9.03. The van der Waals surface area contributed by atoms with E-state index >= 15 is 0 Å². The van der Waals surface area contributed by atoms with Crippen molar-refractivity contribution in [1.82, 2.24) is 28.4 Å². The first-order valence-corrected chi connectivity index (χ1v) is 8.21. The van der Waals surface area contributed by atoms with Gasteiger partial charge in [0.1, 0.15) is 12.9 Å². The SMILES string of the molecule is O=C(Nc1ncn(CC(=O)N2CCCCCC2)n1)c1cnsn1. The van der Waals surface area contributed by atoms with Gasteiger partial charge in [0.2, 0.25) is 11.9 Å². The molecule has 1 aliphatic rings. The van der Waals surface area contributed by atoms with Crippen molar-refractivity contribution in [3.8, 4) is 0 Å². The second-order valence-corrected chi connectivity index (χ2v) is 5.86. The number of likely N-dealkylation sites (tertiary alicyclic amines) is 1. The Bertz CT molecular complexity index is 662. The molecule has 3 rings (SSSR count). The second kappa shape index (κ2) is 7.27. The second-order valence-electron chi connectivity index (χ2n) is 5.31. The summed E-state index contributed by atoms with van der Waals surface area (Å²) in [6.45, 7) is 1.73. The third-order valence-corrected chi connectivity index (χ3v) is 4.09. The highest BCUT2D eigenvalue weighted by Gasteiger charge is 2.17. The molecular formula is C13H17N7O2S. The first-order chi connectivity index (χ1) is 11.2. The predicted molar refractivity (Wildman–Crippen MR) is 82.9 cm³/mol. The highest BCUT2D eigenvalue weighted by molar-refractivity contribution is 6.99. The predicted octanol–water partition coefficient (Wildman–Crippen LogP) is 0.784. The quantitative estimate of drug-likeness (QED) is 0.885. The van der Waals surface area contributed by atoms with Gasteiger partial charge in [-0.2, -0.15) is 8.75 Å². The largest absolute Gasteiger partial charge is 0.341 e. The molecule has 0 radical (unpaired) electrons. The van der Waals surface area contributed by atoms with E-state index in [4.69, 9.17) is 0 Å². The molecular weight excluding hydrogens is 318 g/mol. The van der Waals surface area contributed by atoms with Crippen LogP contribution in [0.5, 0.6) is 0 Å². The highest BCUT2D eigenvalue weighted by Crippen LogP contribution is 2.10. The lowest BCUT2D eigenvalue weighted by molar-refractivity contribution is -0.132. The van der Waals surface area contributed by atoms with Crippen molar-refractivity contribution < 1.29 is 9.59 Å². The number of hydrogen-bond donors (Lipinski definition) is 1. The Kier molecular flexibility index (Phi) is 4.91. The third kappa shape index (κ3) is 4.09. The summed E-state index contributed by atoms with van der Waals surface area (Å²) in [5.41, 5.74) is 0.215. The molecule has 9 nitrogen and oxygen atoms in total. The zero-order chi connectivity index (χ0) is 16.1. The molecule has 0 aliphatic carbocycles. The Morgan fingerprint density at radius 3 is 2.70 bits per heavy atom. The molecule has 0 atom stereocenters. The van der Waals surface area contributed by atoms with Crippen molar-refractivity contribution in [2.75, 3.05) is 18.4 Å². The van der Waals surface area contributed by atoms with Gasteiger partial charge in [0.15, 0.2) is 5.69 Å². The van der Waals surface area contributed by atoms with Crippen LogP contribution in [0.2, 0.25) is 0 Å². The Labute approximate surface area is 137 Å². The summed E-state index contributed by atoms with van der Waals surface area (Å²) in [6, 6.07) is 0. The van der Waals surface area contributed by atoms with E-state index < -0.39 is 5.91 Å². The minimum Gasteiger partial charge on any atom is -0.341 e. The van der Waals surface area contributed by atoms with Gasteiger partial charge in [-0.1, -0.05) is 12.8 Å². The fourth-order valence-corrected chi connectivity index (χ4v) is 2.83. The fourth-order valence-electron chi connectivity index (χ4n) is 2.42. The molecule has 1 N–H and O–H groups in total. The van der Waals surface area contributed by atoms with Gasteiger partial charge in [0.05, 0.1) is 17.9 Å². The van der Waals surface area contributed by atoms with Crippen molar-refractivity contribution in [2.45, 2.75) is 32.2 Å². The number of carbonyl (C=O) groups is 2. The molecule has 0 aromatic carbocycles. The Balaban J connectivity index is 1.56. The van der Waals surface area contributed by atoms with Gasteiger partial charge in [0.25, 0.3) is 5.91 Å². The molecule has 1 saturated heterocycles. The van der Waals surface area contributed by atoms with E-state index in [2.05, 4.69) is 24.1 Å². The molecule has 10 heteroatoms. The lowest BCUT2D eigenvalue weighted by Crippen LogP contribution is -2.34. The third-order valence-electron chi connectivity index (χ3n) is 3.61. The minimum atomic E-state index is -0.421. The molecule has 0 unspecified atom stereocenters. The lowest BCUT2D eigenvalue weighted by Gasteiger charge is -2.19. The van der Waals surface area contributed by atoms with Crippen LogP contribution in [0.1, 0.15) is 36.2 Å². The highest BCUT2D eigenvalue weighted by atomic mass is 32.1. The van der Waals surface area contributed by atoms with Gasteiger partial charge in [-0.15, -0.1) is 5.10 Å². The van der Waals surface area contributed by atoms with Gasteiger partial charge in [-0.05, 0) is 12.8 Å². The van der Waals surface area contributed by atoms with Crippen LogP contribution in [-0.4, -0.2) is 53.3 Å². The summed E-state index contributed by atoms with van der Waals surface area (Å²) in [6.07, 6.45) is 7.26. The maximum Gasteiger partial charge on any atom is 0.279 e. The summed E-state index contributed by atoms with van der Waals surface area (Å²) in [5.74, 6) is -0.250. The molecule has 122 valence electrons. The van der Waals surface area contributed by atoms with Crippen LogP contribution in [0.15, 0.2) is 12.5 Å². The van der Waals surface area contributed by atoms with E-state index in [0.717, 1.165) is 37.7 Å². The van der Waals surface area contributed by atoms with Crippen molar-refractivity contribution in [3.63, 3.8) is 0 Å². The van der Waals surface area contributed by atoms with E-state index in [-0.39, 0.29) is 24.1 Å². The molecule has 0 spiro atoms. The van der Waals surface area contributed by atoms with Crippen molar-refractivity contribution in [1.29, 1.82) is 0 Å². The van der Waals surface area contributed by atoms with E-state index in [9.17, 15) is 9.59 Å². The molecule has 0 bridgehead atoms. The van der Waals surface area contributed by atoms with Gasteiger partial charge in [0, 0.05) is 13.1 Å². The molecule has 2 aromatic heterocycles. The maximum absolute atomic E-state index is 12.3. The number of amides is 2. The minimum absolute atomic E-state index is 0.0263. The standard InChI is InChI=1S/C13H17N7O2S/c21-11(19-5-3-1-2-4-6-19)8-20-9-14-13(17-20)16-12(22)10-7-15-23-18-10/h7,9H,1-6,8H2,(H,16,17,22). The fraction of sp³-hybridized carbons (Fsp3) is 0.538. The van der Waals surface area contributed by atoms with Gasteiger partial charge >= 0.3 is 0 Å². The lowest BCUT2D eigenvalue weighted by atomic mass is 10.2. The van der Waals surface area contributed by atoms with Gasteiger partial charge in [-0.25, -0.2) is 9.67 Å². The zero-order valence-electron chi connectivity index (χ0n) is 12.5. The normalized spacial score (nSPS) is 15.2. The monoisotopic (exact) mass is 335 g/mol. The number of nitrogens with zero attached hydrogens (tertiary/aromatic N) is 6. The molecule has 1 fully saturated rings. The molecule has 1 aliphatic heterocycles. The van der Waals surface area contributed by atoms with Crippen LogP contribution < -0.4 is 5.32 Å². The zero-order valence-corrected chi connectivity index (χ0v) is 13.3. The molecule has 23 heavy (non-hydrogen) atoms. The average Bonchev–Trinajstić information content (AvgIpc) is 3.14. The average molecular weight is 335 g/mol. The molecule has 3 heterocycles. The van der Waals surface area contributed by atoms with Crippen molar-refractivity contribution >= 4 is 29.5 Å². The van der Waals surface area contributed by atoms with Gasteiger partial charge < -0.3 is 4.90 Å². The maximum atomic E-state index is 12.3. The molecule has 2 amide bonds. The summed E-state index contributed by atoms with van der Waals surface area (Å²) in [4.78, 5) is 29.9. The summed E-state index contributed by atoms with van der Waals surface area (Å²) in [7, 11) is 0. The Morgan fingerprint density at radius 2 is 2.00 bits per heavy atom. The van der Waals surface area contributed by atoms with Crippen LogP contribution in [0.3, 0.4) is 0 Å². The number of aromatic nitrogens is 5. The number of carbonyl (C=O) groups excluding carboxylic acids is 2. The Morgan fingerprint density at radius 1 is 1.22 bits per heavy atom. The number of anilines is 1. The van der Waals surface area contributed by atoms with E-state index in [1.165, 1.54) is 30.0 Å². The van der Waals surface area contributed by atoms with Crippen molar-refractivity contribution in [3.05, 3.63) is 18.2 Å². The summed E-state index contributed by atoms with van der Waals surface area (Å²) in [5, 5.41) is 6.62. The smallest absolute Gasteiger partial charge is 0.279 e. The first-order valence-electron chi connectivity index (χ1n) is 7.48. The van der Waals surface area contributed by atoms with Crippen LogP contribution >= 0.6 is 11.7 Å². The number of hydrogen-bond acceptors (Lipinski definition) is 7. The van der Waals surface area contributed by atoms with Crippen molar-refractivity contribution in [2.24, 2.45) is 0 Å². The molecule has 0 saturated carbocycles. The molecule has 2 aromatic rings. The topological polar surface area (TPSA) is 106 Å². The van der Waals surface area contributed by atoms with Crippen LogP contribution in [0.4, 0.5) is 5.95 Å². The summed E-state index contributed by atoms with van der Waals surface area (Å²) >= 11 is 0.953. The first kappa shape index (κ1) is 15.5. The van der Waals surface area contributed by atoms with E-state index in [1.807, 2.05) is 4.90 Å². The number of nitrogens with one attached hydrogen (secondary N) is 1. The van der Waals surface area contributed by atoms with Crippen LogP contribution in [0, 0.1) is 0 Å². The van der Waals surface area contributed by atoms with Crippen LogP contribution in [0.25, 0.3) is 0 Å². The number of rotatable bonds is 4. The van der Waals surface area contributed by atoms with E-state index in [0.29, 0.717) is 0 Å². The van der Waals surface area contributed by atoms with Crippen LogP contribution in [-0.2, 0) is 11.3 Å². The Hall–Kier alpha value is -2.36. The van der Waals surface area contributed by atoms with Gasteiger partial charge in [-0.3, -0.25) is 14.9 Å². The van der Waals surface area contributed by atoms with E-state index in [1.54, 1.807) is 0 Å².